The summed E-state index contributed by atoms with van der Waals surface area (Å²) in [6.07, 6.45) is 8.68. The van der Waals surface area contributed by atoms with Crippen LogP contribution in [0.2, 0.25) is 0 Å². The summed E-state index contributed by atoms with van der Waals surface area (Å²) in [5.74, 6) is 2.62. The lowest BCUT2D eigenvalue weighted by Crippen LogP contribution is -2.28. The second kappa shape index (κ2) is 10.9. The van der Waals surface area contributed by atoms with Crippen molar-refractivity contribution in [3.05, 3.63) is 93.1 Å². The first-order valence-electron chi connectivity index (χ1n) is 12.4. The Hall–Kier alpha value is -2.80. The molecule has 3 aromatic rings. The standard InChI is InChI=1S/C30H31IN2O2/c1-3-16-35-30-26(31)17-20(18-28(30)34-4-2)19-32-22-14-12-21(13-15-22)29-25-10-7-9-23(25)24-8-5-6-11-27(24)33-29/h5-9,11-15,17-19,23,25,29,33H,3-4,10,16H2,1-2H3/t23-,25-,29-/m0/s1. The lowest BCUT2D eigenvalue weighted by Gasteiger charge is -2.37. The van der Waals surface area contributed by atoms with Crippen molar-refractivity contribution < 1.29 is 9.47 Å². The van der Waals surface area contributed by atoms with Crippen LogP contribution in [0, 0.1) is 9.49 Å². The molecule has 3 aromatic carbocycles. The van der Waals surface area contributed by atoms with Crippen LogP contribution in [0.1, 0.15) is 55.3 Å². The fraction of sp³-hybridized carbons (Fsp3) is 0.300. The Bertz CT molecular complexity index is 1240. The van der Waals surface area contributed by atoms with Crippen molar-refractivity contribution in [2.45, 2.75) is 38.6 Å². The van der Waals surface area contributed by atoms with Crippen molar-refractivity contribution in [1.29, 1.82) is 0 Å². The lowest BCUT2D eigenvalue weighted by atomic mass is 9.77. The molecule has 0 saturated carbocycles. The van der Waals surface area contributed by atoms with Gasteiger partial charge in [-0.2, -0.15) is 0 Å². The number of halogens is 1. The lowest BCUT2D eigenvalue weighted by molar-refractivity contribution is 0.275. The molecule has 1 aliphatic carbocycles. The van der Waals surface area contributed by atoms with Gasteiger partial charge in [0.15, 0.2) is 11.5 Å². The zero-order valence-electron chi connectivity index (χ0n) is 20.2. The number of ether oxygens (including phenoxy) is 2. The number of nitrogens with one attached hydrogen (secondary N) is 1. The Kier molecular flexibility index (Phi) is 7.42. The molecule has 5 rings (SSSR count). The SMILES string of the molecule is CCCOc1c(I)cc(C=Nc2ccc([C@@H]3Nc4ccccc4[C@@H]4C=CC[C@@H]43)cc2)cc1OCC. The molecule has 0 unspecified atom stereocenters. The van der Waals surface area contributed by atoms with Gasteiger partial charge in [-0.3, -0.25) is 4.99 Å². The van der Waals surface area contributed by atoms with E-state index in [4.69, 9.17) is 14.5 Å². The number of hydrogen-bond acceptors (Lipinski definition) is 4. The molecule has 4 nitrogen and oxygen atoms in total. The Morgan fingerprint density at radius 2 is 1.89 bits per heavy atom. The van der Waals surface area contributed by atoms with Crippen LogP contribution in [0.25, 0.3) is 0 Å². The Labute approximate surface area is 221 Å². The van der Waals surface area contributed by atoms with Crippen LogP contribution < -0.4 is 14.8 Å². The highest BCUT2D eigenvalue weighted by Gasteiger charge is 2.37. The van der Waals surface area contributed by atoms with E-state index in [0.717, 1.165) is 39.2 Å². The summed E-state index contributed by atoms with van der Waals surface area (Å²) in [5.41, 5.74) is 5.90. The summed E-state index contributed by atoms with van der Waals surface area (Å²) < 4.78 is 12.8. The quantitative estimate of drug-likeness (QED) is 0.167. The van der Waals surface area contributed by atoms with E-state index in [1.807, 2.05) is 19.2 Å². The Balaban J connectivity index is 1.34. The molecule has 0 fully saturated rings. The molecule has 1 N–H and O–H groups in total. The Morgan fingerprint density at radius 1 is 1.06 bits per heavy atom. The molecule has 180 valence electrons. The number of aliphatic imine (C=N–C) groups is 1. The molecule has 0 spiro atoms. The maximum Gasteiger partial charge on any atom is 0.174 e. The minimum absolute atomic E-state index is 0.300. The molecule has 1 heterocycles. The number of anilines is 1. The third-order valence-corrected chi connectivity index (χ3v) is 7.47. The van der Waals surface area contributed by atoms with Gasteiger partial charge >= 0.3 is 0 Å². The van der Waals surface area contributed by atoms with Gasteiger partial charge in [0.2, 0.25) is 0 Å². The summed E-state index contributed by atoms with van der Waals surface area (Å²) in [6.45, 7) is 5.36. The fourth-order valence-corrected chi connectivity index (χ4v) is 5.84. The second-order valence-electron chi connectivity index (χ2n) is 9.02. The van der Waals surface area contributed by atoms with Gasteiger partial charge in [0.05, 0.1) is 28.5 Å². The van der Waals surface area contributed by atoms with Gasteiger partial charge < -0.3 is 14.8 Å². The number of nitrogens with zero attached hydrogens (tertiary/aromatic N) is 1. The number of allylic oxidation sites excluding steroid dienone is 2. The molecular weight excluding hydrogens is 547 g/mol. The van der Waals surface area contributed by atoms with Crippen LogP contribution in [0.5, 0.6) is 11.5 Å². The summed E-state index contributed by atoms with van der Waals surface area (Å²) in [6, 6.07) is 21.7. The first-order valence-corrected chi connectivity index (χ1v) is 13.5. The van der Waals surface area contributed by atoms with E-state index < -0.39 is 0 Å². The van der Waals surface area contributed by atoms with Gasteiger partial charge in [0.25, 0.3) is 0 Å². The van der Waals surface area contributed by atoms with Crippen LogP contribution in [0.15, 0.2) is 77.8 Å². The number of fused-ring (bicyclic) bond motifs is 3. The van der Waals surface area contributed by atoms with Crippen molar-refractivity contribution in [2.24, 2.45) is 10.9 Å². The van der Waals surface area contributed by atoms with Crippen LogP contribution in [-0.4, -0.2) is 19.4 Å². The van der Waals surface area contributed by atoms with Gasteiger partial charge in [-0.25, -0.2) is 0 Å². The molecule has 0 radical (unpaired) electrons. The largest absolute Gasteiger partial charge is 0.490 e. The topological polar surface area (TPSA) is 42.8 Å². The van der Waals surface area contributed by atoms with Crippen molar-refractivity contribution >= 4 is 40.2 Å². The molecule has 35 heavy (non-hydrogen) atoms. The number of benzene rings is 3. The minimum Gasteiger partial charge on any atom is -0.490 e. The molecule has 2 aliphatic rings. The summed E-state index contributed by atoms with van der Waals surface area (Å²) in [5, 5.41) is 3.80. The molecule has 0 amide bonds. The van der Waals surface area contributed by atoms with Crippen LogP contribution in [0.4, 0.5) is 11.4 Å². The van der Waals surface area contributed by atoms with E-state index in [-0.39, 0.29) is 0 Å². The van der Waals surface area contributed by atoms with Crippen molar-refractivity contribution in [3.8, 4) is 11.5 Å². The van der Waals surface area contributed by atoms with Crippen LogP contribution in [0.3, 0.4) is 0 Å². The van der Waals surface area contributed by atoms with Gasteiger partial charge in [0, 0.05) is 17.8 Å². The summed E-state index contributed by atoms with van der Waals surface area (Å²) in [7, 11) is 0. The molecule has 0 bridgehead atoms. The van der Waals surface area contributed by atoms with Gasteiger partial charge in [-0.05, 0) is 95.3 Å². The molecule has 1 aliphatic heterocycles. The van der Waals surface area contributed by atoms with Gasteiger partial charge in [0.1, 0.15) is 0 Å². The molecule has 0 saturated heterocycles. The van der Waals surface area contributed by atoms with E-state index >= 15 is 0 Å². The van der Waals surface area contributed by atoms with E-state index in [1.165, 1.54) is 16.8 Å². The normalized spacial score (nSPS) is 20.4. The maximum atomic E-state index is 5.92. The fourth-order valence-electron chi connectivity index (χ4n) is 5.06. The number of rotatable bonds is 8. The first-order chi connectivity index (χ1) is 17.2. The predicted octanol–water partition coefficient (Wildman–Crippen LogP) is 8.06. The van der Waals surface area contributed by atoms with E-state index in [0.29, 0.717) is 31.1 Å². The molecule has 0 aromatic heterocycles. The van der Waals surface area contributed by atoms with E-state index in [9.17, 15) is 0 Å². The number of para-hydroxylation sites is 1. The average Bonchev–Trinajstić information content (AvgIpc) is 3.38. The van der Waals surface area contributed by atoms with Crippen LogP contribution in [-0.2, 0) is 0 Å². The highest BCUT2D eigenvalue weighted by atomic mass is 127. The smallest absolute Gasteiger partial charge is 0.174 e. The van der Waals surface area contributed by atoms with Gasteiger partial charge in [-0.1, -0.05) is 49.4 Å². The third kappa shape index (κ3) is 5.10. The third-order valence-electron chi connectivity index (χ3n) is 6.67. The zero-order valence-corrected chi connectivity index (χ0v) is 22.4. The Morgan fingerprint density at radius 3 is 2.69 bits per heavy atom. The molecular formula is C30H31IN2O2. The monoisotopic (exact) mass is 578 g/mol. The van der Waals surface area contributed by atoms with E-state index in [2.05, 4.69) is 102 Å². The molecule has 3 atom stereocenters. The average molecular weight is 578 g/mol. The van der Waals surface area contributed by atoms with E-state index in [1.54, 1.807) is 0 Å². The van der Waals surface area contributed by atoms with Crippen LogP contribution >= 0.6 is 22.6 Å². The first kappa shape index (κ1) is 23.9. The van der Waals surface area contributed by atoms with Crippen molar-refractivity contribution in [1.82, 2.24) is 0 Å². The summed E-state index contributed by atoms with van der Waals surface area (Å²) >= 11 is 2.31. The molecule has 5 heteroatoms. The van der Waals surface area contributed by atoms with Crippen molar-refractivity contribution in [2.75, 3.05) is 18.5 Å². The van der Waals surface area contributed by atoms with Gasteiger partial charge in [-0.15, -0.1) is 0 Å². The maximum absolute atomic E-state index is 5.92. The highest BCUT2D eigenvalue weighted by molar-refractivity contribution is 14.1. The highest BCUT2D eigenvalue weighted by Crippen LogP contribution is 2.49. The second-order valence-corrected chi connectivity index (χ2v) is 10.2. The summed E-state index contributed by atoms with van der Waals surface area (Å²) in [4.78, 5) is 4.74. The van der Waals surface area contributed by atoms with Crippen molar-refractivity contribution in [3.63, 3.8) is 0 Å². The zero-order chi connectivity index (χ0) is 24.2. The minimum atomic E-state index is 0.300. The number of hydrogen-bond donors (Lipinski definition) is 1. The predicted molar refractivity (Wildman–Crippen MR) is 153 cm³/mol.